The van der Waals surface area contributed by atoms with Crippen LogP contribution in [0.4, 0.5) is 10.1 Å². The summed E-state index contributed by atoms with van der Waals surface area (Å²) in [7, 11) is 0. The molecule has 0 aromatic heterocycles. The summed E-state index contributed by atoms with van der Waals surface area (Å²) in [5, 5.41) is 0.0328. The van der Waals surface area contributed by atoms with E-state index in [1.54, 1.807) is 6.08 Å². The molecular weight excluding hydrogens is 265 g/mol. The molecule has 0 atom stereocenters. The molecule has 0 aliphatic rings. The second-order valence-electron chi connectivity index (χ2n) is 5.26. The lowest BCUT2D eigenvalue weighted by atomic mass is 9.91. The third kappa shape index (κ3) is 4.65. The van der Waals surface area contributed by atoms with Crippen LogP contribution < -0.4 is 11.5 Å². The highest BCUT2D eigenvalue weighted by atomic mass is 35.5. The van der Waals surface area contributed by atoms with Crippen LogP contribution in [0.15, 0.2) is 35.0 Å². The van der Waals surface area contributed by atoms with Gasteiger partial charge in [0.05, 0.1) is 16.4 Å². The van der Waals surface area contributed by atoms with Crippen molar-refractivity contribution in [3.63, 3.8) is 0 Å². The van der Waals surface area contributed by atoms with Crippen LogP contribution in [0.2, 0.25) is 5.02 Å². The summed E-state index contributed by atoms with van der Waals surface area (Å²) in [5.41, 5.74) is 13.3. The van der Waals surface area contributed by atoms with E-state index >= 15 is 0 Å². The van der Waals surface area contributed by atoms with Crippen molar-refractivity contribution >= 4 is 23.0 Å². The van der Waals surface area contributed by atoms with E-state index in [0.29, 0.717) is 17.1 Å². The zero-order valence-electron chi connectivity index (χ0n) is 11.4. The van der Waals surface area contributed by atoms with E-state index in [2.05, 4.69) is 4.99 Å². The molecule has 1 aromatic carbocycles. The third-order valence-corrected chi connectivity index (χ3v) is 2.86. The predicted molar refractivity (Wildman–Crippen MR) is 79.3 cm³/mol. The lowest BCUT2D eigenvalue weighted by molar-refractivity contribution is 0.498. The van der Waals surface area contributed by atoms with Gasteiger partial charge in [-0.2, -0.15) is 0 Å². The maximum atomic E-state index is 13.0. The normalized spacial score (nSPS) is 13.8. The number of nitrogens with two attached hydrogens (primary N) is 2. The van der Waals surface area contributed by atoms with Gasteiger partial charge in [-0.25, -0.2) is 4.39 Å². The highest BCUT2D eigenvalue weighted by Gasteiger charge is 2.14. The van der Waals surface area contributed by atoms with Gasteiger partial charge in [0.25, 0.3) is 0 Å². The molecule has 0 spiro atoms. The molecular formula is C14H19ClFN3. The number of hydrogen-bond acceptors (Lipinski definition) is 3. The van der Waals surface area contributed by atoms with Crippen LogP contribution in [0, 0.1) is 11.2 Å². The van der Waals surface area contributed by atoms with E-state index in [1.807, 2.05) is 20.8 Å². The second kappa shape index (κ2) is 6.17. The fourth-order valence-electron chi connectivity index (χ4n) is 1.25. The van der Waals surface area contributed by atoms with Gasteiger partial charge >= 0.3 is 0 Å². The number of allylic oxidation sites excluding steroid dienone is 1. The van der Waals surface area contributed by atoms with Gasteiger partial charge in [-0.15, -0.1) is 0 Å². The minimum absolute atomic E-state index is 0.0328. The van der Waals surface area contributed by atoms with Crippen LogP contribution in [-0.2, 0) is 0 Å². The Balaban J connectivity index is 3.09. The van der Waals surface area contributed by atoms with Crippen LogP contribution >= 0.6 is 11.6 Å². The molecule has 0 bridgehead atoms. The smallest absolute Gasteiger partial charge is 0.141 e. The Labute approximate surface area is 118 Å². The van der Waals surface area contributed by atoms with E-state index in [4.69, 9.17) is 23.1 Å². The summed E-state index contributed by atoms with van der Waals surface area (Å²) in [6, 6.07) is 4.26. The van der Waals surface area contributed by atoms with E-state index in [-0.39, 0.29) is 17.0 Å². The summed E-state index contributed by atoms with van der Waals surface area (Å²) in [4.78, 5) is 4.32. The second-order valence-corrected chi connectivity index (χ2v) is 5.66. The molecule has 0 saturated heterocycles. The van der Waals surface area contributed by atoms with Crippen molar-refractivity contribution in [3.05, 3.63) is 40.8 Å². The molecule has 0 unspecified atom stereocenters. The van der Waals surface area contributed by atoms with Gasteiger partial charge in [0, 0.05) is 17.7 Å². The molecule has 0 radical (unpaired) electrons. The molecule has 0 aliphatic heterocycles. The van der Waals surface area contributed by atoms with Crippen LogP contribution in [-0.4, -0.2) is 12.3 Å². The van der Waals surface area contributed by atoms with Gasteiger partial charge in [0.2, 0.25) is 0 Å². The number of halogens is 2. The molecule has 1 rings (SSSR count). The molecule has 104 valence electrons. The van der Waals surface area contributed by atoms with Gasteiger partial charge in [-0.1, -0.05) is 32.4 Å². The first kappa shape index (κ1) is 15.7. The molecule has 1 aromatic rings. The fraction of sp³-hybridized carbons (Fsp3) is 0.357. The first-order valence-electron chi connectivity index (χ1n) is 5.94. The Kier molecular flexibility index (Phi) is 5.09. The summed E-state index contributed by atoms with van der Waals surface area (Å²) >= 11 is 5.70. The van der Waals surface area contributed by atoms with Crippen molar-refractivity contribution in [2.24, 2.45) is 21.9 Å². The zero-order valence-corrected chi connectivity index (χ0v) is 12.1. The van der Waals surface area contributed by atoms with Crippen molar-refractivity contribution in [3.8, 4) is 0 Å². The molecule has 0 aliphatic carbocycles. The molecule has 0 fully saturated rings. The van der Waals surface area contributed by atoms with E-state index in [1.165, 1.54) is 18.2 Å². The number of aliphatic imine (C=N–C) groups is 1. The van der Waals surface area contributed by atoms with Gasteiger partial charge in [0.1, 0.15) is 5.82 Å². The van der Waals surface area contributed by atoms with E-state index < -0.39 is 5.82 Å². The molecule has 3 nitrogen and oxygen atoms in total. The topological polar surface area (TPSA) is 64.4 Å². The third-order valence-electron chi connectivity index (χ3n) is 2.57. The predicted octanol–water partition coefficient (Wildman–Crippen LogP) is 3.40. The van der Waals surface area contributed by atoms with E-state index in [0.717, 1.165) is 0 Å². The van der Waals surface area contributed by atoms with Crippen molar-refractivity contribution in [1.29, 1.82) is 0 Å². The Hall–Kier alpha value is -1.39. The van der Waals surface area contributed by atoms with Gasteiger partial charge in [0.15, 0.2) is 0 Å². The molecule has 4 N–H and O–H groups in total. The van der Waals surface area contributed by atoms with Gasteiger partial charge in [-0.05, 0) is 24.3 Å². The highest BCUT2D eigenvalue weighted by molar-refractivity contribution is 6.31. The Morgan fingerprint density at radius 1 is 1.42 bits per heavy atom. The van der Waals surface area contributed by atoms with Gasteiger partial charge < -0.3 is 11.5 Å². The summed E-state index contributed by atoms with van der Waals surface area (Å²) < 4.78 is 13.0. The minimum atomic E-state index is -0.473. The molecule has 0 amide bonds. The number of hydrogen-bond donors (Lipinski definition) is 2. The lowest BCUT2D eigenvalue weighted by Gasteiger charge is -2.19. The van der Waals surface area contributed by atoms with Crippen molar-refractivity contribution in [2.75, 3.05) is 6.54 Å². The summed E-state index contributed by atoms with van der Waals surface area (Å²) in [6.07, 6.45) is 1.75. The SMILES string of the molecule is CC(C)(C)/C(N)=C/C(CN)=Nc1ccc(F)c(Cl)c1. The number of rotatable bonds is 3. The minimum Gasteiger partial charge on any atom is -0.402 e. The monoisotopic (exact) mass is 283 g/mol. The quantitative estimate of drug-likeness (QED) is 0.835. The molecule has 0 heterocycles. The summed E-state index contributed by atoms with van der Waals surface area (Å²) in [5.74, 6) is -0.473. The van der Waals surface area contributed by atoms with Crippen molar-refractivity contribution in [1.82, 2.24) is 0 Å². The van der Waals surface area contributed by atoms with Crippen molar-refractivity contribution < 1.29 is 4.39 Å². The standard InChI is InChI=1S/C14H19ClFN3/c1-14(2,3)13(18)7-10(8-17)19-9-4-5-12(16)11(15)6-9/h4-7H,8,17-18H2,1-3H3/b13-7-,19-10?. The largest absolute Gasteiger partial charge is 0.402 e. The Bertz CT molecular complexity index is 516. The maximum Gasteiger partial charge on any atom is 0.141 e. The molecule has 19 heavy (non-hydrogen) atoms. The lowest BCUT2D eigenvalue weighted by Crippen LogP contribution is -2.21. The Morgan fingerprint density at radius 2 is 2.05 bits per heavy atom. The number of nitrogens with zero attached hydrogens (tertiary/aromatic N) is 1. The Morgan fingerprint density at radius 3 is 2.53 bits per heavy atom. The van der Waals surface area contributed by atoms with Crippen LogP contribution in [0.25, 0.3) is 0 Å². The number of benzene rings is 1. The highest BCUT2D eigenvalue weighted by Crippen LogP contribution is 2.23. The first-order chi connectivity index (χ1) is 8.74. The zero-order chi connectivity index (χ0) is 14.6. The molecule has 0 saturated carbocycles. The van der Waals surface area contributed by atoms with Crippen molar-refractivity contribution in [2.45, 2.75) is 20.8 Å². The maximum absolute atomic E-state index is 13.0. The van der Waals surface area contributed by atoms with Gasteiger partial charge in [-0.3, -0.25) is 4.99 Å². The first-order valence-corrected chi connectivity index (χ1v) is 6.32. The van der Waals surface area contributed by atoms with Crippen LogP contribution in [0.3, 0.4) is 0 Å². The average Bonchev–Trinajstić information content (AvgIpc) is 2.31. The average molecular weight is 284 g/mol. The molecule has 5 heteroatoms. The fourth-order valence-corrected chi connectivity index (χ4v) is 1.43. The van der Waals surface area contributed by atoms with Crippen LogP contribution in [0.5, 0.6) is 0 Å². The summed E-state index contributed by atoms with van der Waals surface area (Å²) in [6.45, 7) is 6.25. The van der Waals surface area contributed by atoms with Crippen LogP contribution in [0.1, 0.15) is 20.8 Å². The van der Waals surface area contributed by atoms with E-state index in [9.17, 15) is 4.39 Å².